The van der Waals surface area contributed by atoms with E-state index in [-0.39, 0.29) is 17.6 Å². The monoisotopic (exact) mass is 558 g/mol. The highest BCUT2D eigenvalue weighted by molar-refractivity contribution is 9.10. The van der Waals surface area contributed by atoms with E-state index in [1.54, 1.807) is 50.6 Å². The first-order valence-corrected chi connectivity index (χ1v) is 11.7. The van der Waals surface area contributed by atoms with Crippen molar-refractivity contribution in [1.29, 1.82) is 0 Å². The largest absolute Gasteiger partial charge is 0.496 e. The highest BCUT2D eigenvalue weighted by Crippen LogP contribution is 2.32. The van der Waals surface area contributed by atoms with Gasteiger partial charge in [0, 0.05) is 10.6 Å². The minimum absolute atomic E-state index is 0.257. The van der Waals surface area contributed by atoms with Gasteiger partial charge in [0.1, 0.15) is 29.6 Å². The van der Waals surface area contributed by atoms with Crippen LogP contribution in [0.2, 0.25) is 5.02 Å². The van der Waals surface area contributed by atoms with Crippen molar-refractivity contribution in [3.8, 4) is 17.2 Å². The third-order valence-electron chi connectivity index (χ3n) is 5.10. The van der Waals surface area contributed by atoms with Crippen molar-refractivity contribution in [2.45, 2.75) is 6.61 Å². The number of nitrogens with one attached hydrogen (secondary N) is 1. The zero-order valence-electron chi connectivity index (χ0n) is 18.3. The molecule has 6 nitrogen and oxygen atoms in total. The second-order valence-electron chi connectivity index (χ2n) is 7.24. The van der Waals surface area contributed by atoms with Crippen LogP contribution in [0.15, 0.2) is 70.8 Å². The molecule has 0 bridgehead atoms. The Bertz CT molecular complexity index is 1300. The van der Waals surface area contributed by atoms with E-state index < -0.39 is 0 Å². The summed E-state index contributed by atoms with van der Waals surface area (Å²) < 4.78 is 17.6. The SMILES string of the molecule is COc1ccc(/C=C2/NC(=S)N(c3ccccc3OC)C2=O)cc1COc1ccc(Cl)cc1Br. The van der Waals surface area contributed by atoms with Gasteiger partial charge in [0.15, 0.2) is 5.11 Å². The summed E-state index contributed by atoms with van der Waals surface area (Å²) in [7, 11) is 3.15. The Morgan fingerprint density at radius 1 is 1.03 bits per heavy atom. The summed E-state index contributed by atoms with van der Waals surface area (Å²) in [6.45, 7) is 0.257. The number of carbonyl (C=O) groups is 1. The number of anilines is 1. The summed E-state index contributed by atoms with van der Waals surface area (Å²) in [4.78, 5) is 14.6. The van der Waals surface area contributed by atoms with Crippen LogP contribution in [0.4, 0.5) is 5.69 Å². The van der Waals surface area contributed by atoms with Crippen molar-refractivity contribution >= 4 is 62.5 Å². The average Bonchev–Trinajstić information content (AvgIpc) is 3.11. The van der Waals surface area contributed by atoms with E-state index in [1.807, 2.05) is 30.3 Å². The van der Waals surface area contributed by atoms with Gasteiger partial charge in [0.25, 0.3) is 5.91 Å². The fourth-order valence-electron chi connectivity index (χ4n) is 3.48. The van der Waals surface area contributed by atoms with Gasteiger partial charge < -0.3 is 19.5 Å². The molecule has 1 fully saturated rings. The Balaban J connectivity index is 1.59. The molecule has 1 aliphatic rings. The third kappa shape index (κ3) is 5.04. The van der Waals surface area contributed by atoms with Gasteiger partial charge in [0.05, 0.1) is 24.4 Å². The maximum Gasteiger partial charge on any atom is 0.281 e. The van der Waals surface area contributed by atoms with Crippen LogP contribution in [0.1, 0.15) is 11.1 Å². The average molecular weight is 560 g/mol. The summed E-state index contributed by atoms with van der Waals surface area (Å²) in [5, 5.41) is 3.90. The normalized spacial score (nSPS) is 14.4. The molecular formula is C25H20BrClN2O4S. The van der Waals surface area contributed by atoms with Gasteiger partial charge in [-0.05, 0) is 82.3 Å². The van der Waals surface area contributed by atoms with E-state index >= 15 is 0 Å². The second kappa shape index (κ2) is 10.5. The predicted molar refractivity (Wildman–Crippen MR) is 141 cm³/mol. The Hall–Kier alpha value is -3.07. The highest BCUT2D eigenvalue weighted by atomic mass is 79.9. The summed E-state index contributed by atoms with van der Waals surface area (Å²) in [5.41, 5.74) is 2.53. The molecule has 1 aliphatic heterocycles. The van der Waals surface area contributed by atoms with Crippen LogP contribution in [-0.2, 0) is 11.4 Å². The van der Waals surface area contributed by atoms with Crippen molar-refractivity contribution in [3.63, 3.8) is 0 Å². The number of carbonyl (C=O) groups excluding carboxylic acids is 1. The van der Waals surface area contributed by atoms with E-state index in [0.29, 0.717) is 33.7 Å². The Labute approximate surface area is 216 Å². The van der Waals surface area contributed by atoms with Gasteiger partial charge >= 0.3 is 0 Å². The molecule has 1 N–H and O–H groups in total. The van der Waals surface area contributed by atoms with Gasteiger partial charge in [0.2, 0.25) is 0 Å². The summed E-state index contributed by atoms with van der Waals surface area (Å²) in [6.07, 6.45) is 1.74. The maximum absolute atomic E-state index is 13.2. The minimum Gasteiger partial charge on any atom is -0.496 e. The first-order valence-electron chi connectivity index (χ1n) is 10.2. The van der Waals surface area contributed by atoms with Gasteiger partial charge in [-0.2, -0.15) is 0 Å². The molecule has 3 aromatic rings. The Morgan fingerprint density at radius 3 is 2.50 bits per heavy atom. The highest BCUT2D eigenvalue weighted by Gasteiger charge is 2.33. The van der Waals surface area contributed by atoms with Crippen molar-refractivity contribution in [2.24, 2.45) is 0 Å². The lowest BCUT2D eigenvalue weighted by atomic mass is 10.1. The first kappa shape index (κ1) is 24.1. The zero-order chi connectivity index (χ0) is 24.2. The maximum atomic E-state index is 13.2. The summed E-state index contributed by atoms with van der Waals surface area (Å²) in [6, 6.07) is 18.1. The number of methoxy groups -OCH3 is 2. The lowest BCUT2D eigenvalue weighted by Gasteiger charge is -2.17. The molecule has 174 valence electrons. The van der Waals surface area contributed by atoms with E-state index in [1.165, 1.54) is 4.90 Å². The number of hydrogen-bond acceptors (Lipinski definition) is 5. The van der Waals surface area contributed by atoms with Gasteiger partial charge in [-0.1, -0.05) is 29.8 Å². The fourth-order valence-corrected chi connectivity index (χ4v) is 4.57. The first-order chi connectivity index (χ1) is 16.4. The van der Waals surface area contributed by atoms with Crippen molar-refractivity contribution in [1.82, 2.24) is 5.32 Å². The molecule has 1 amide bonds. The molecule has 1 heterocycles. The third-order valence-corrected chi connectivity index (χ3v) is 6.24. The molecule has 0 radical (unpaired) electrons. The van der Waals surface area contributed by atoms with E-state index in [4.69, 9.17) is 38.0 Å². The number of benzene rings is 3. The van der Waals surface area contributed by atoms with E-state index in [9.17, 15) is 4.79 Å². The molecule has 0 atom stereocenters. The molecule has 4 rings (SSSR count). The Kier molecular flexibility index (Phi) is 7.41. The molecule has 0 aromatic heterocycles. The topological polar surface area (TPSA) is 60.0 Å². The number of thiocarbonyl (C=S) groups is 1. The van der Waals surface area contributed by atoms with Crippen molar-refractivity contribution in [3.05, 3.63) is 87.0 Å². The summed E-state index contributed by atoms with van der Waals surface area (Å²) >= 11 is 14.9. The molecular weight excluding hydrogens is 540 g/mol. The van der Waals surface area contributed by atoms with Crippen LogP contribution < -0.4 is 24.4 Å². The van der Waals surface area contributed by atoms with Crippen molar-refractivity contribution in [2.75, 3.05) is 19.1 Å². The number of amides is 1. The van der Waals surface area contributed by atoms with Gasteiger partial charge in [-0.25, -0.2) is 4.90 Å². The molecule has 0 aliphatic carbocycles. The predicted octanol–water partition coefficient (Wildman–Crippen LogP) is 5.96. The van der Waals surface area contributed by atoms with Crippen LogP contribution in [-0.4, -0.2) is 25.2 Å². The van der Waals surface area contributed by atoms with Crippen molar-refractivity contribution < 1.29 is 19.0 Å². The smallest absolute Gasteiger partial charge is 0.281 e. The molecule has 34 heavy (non-hydrogen) atoms. The van der Waals surface area contributed by atoms with Crippen LogP contribution in [0.5, 0.6) is 17.2 Å². The van der Waals surface area contributed by atoms with E-state index in [2.05, 4.69) is 21.2 Å². The zero-order valence-corrected chi connectivity index (χ0v) is 21.5. The molecule has 0 saturated carbocycles. The molecule has 0 spiro atoms. The number of halogens is 2. The van der Waals surface area contributed by atoms with Crippen LogP contribution >= 0.6 is 39.7 Å². The molecule has 9 heteroatoms. The molecule has 3 aromatic carbocycles. The lowest BCUT2D eigenvalue weighted by Crippen LogP contribution is -2.30. The number of ether oxygens (including phenoxy) is 3. The molecule has 0 unspecified atom stereocenters. The standard InChI is InChI=1S/C25H20BrClN2O4S/c1-31-21-9-7-15(11-16(21)14-33-22-10-8-17(27)13-18(22)26)12-19-24(30)29(25(34)28-19)20-5-3-4-6-23(20)32-2/h3-13H,14H2,1-2H3,(H,28,34)/b19-12+. The quantitative estimate of drug-likeness (QED) is 0.285. The fraction of sp³-hybridized carbons (Fsp3) is 0.120. The lowest BCUT2D eigenvalue weighted by molar-refractivity contribution is -0.113. The minimum atomic E-state index is -0.270. The number of nitrogens with zero attached hydrogens (tertiary/aromatic N) is 1. The van der Waals surface area contributed by atoms with E-state index in [0.717, 1.165) is 15.6 Å². The summed E-state index contributed by atoms with van der Waals surface area (Å²) in [5.74, 6) is 1.61. The van der Waals surface area contributed by atoms with Crippen LogP contribution in [0.25, 0.3) is 6.08 Å². The number of hydrogen-bond donors (Lipinski definition) is 1. The Morgan fingerprint density at radius 2 is 1.76 bits per heavy atom. The van der Waals surface area contributed by atoms with Crippen LogP contribution in [0, 0.1) is 0 Å². The molecule has 1 saturated heterocycles. The van der Waals surface area contributed by atoms with Gasteiger partial charge in [-0.15, -0.1) is 0 Å². The number of para-hydroxylation sites is 2. The number of rotatable bonds is 7. The van der Waals surface area contributed by atoms with Crippen LogP contribution in [0.3, 0.4) is 0 Å². The van der Waals surface area contributed by atoms with Gasteiger partial charge in [-0.3, -0.25) is 4.79 Å². The second-order valence-corrected chi connectivity index (χ2v) is 8.91.